The molecule has 1 fully saturated rings. The second-order valence-electron chi connectivity index (χ2n) is 7.56. The largest absolute Gasteiger partial charge is 0.333 e. The Bertz CT molecular complexity index is 1220. The van der Waals surface area contributed by atoms with Gasteiger partial charge in [-0.1, -0.05) is 35.4 Å². The van der Waals surface area contributed by atoms with Gasteiger partial charge in [-0.15, -0.1) is 0 Å². The molecule has 30 heavy (non-hydrogen) atoms. The summed E-state index contributed by atoms with van der Waals surface area (Å²) in [4.78, 5) is 26.5. The number of hydrogen-bond acceptors (Lipinski definition) is 2. The molecule has 2 heterocycles. The van der Waals surface area contributed by atoms with Gasteiger partial charge in [-0.2, -0.15) is 0 Å². The number of carbonyl (C=O) groups excluding carboxylic acids is 2. The van der Waals surface area contributed by atoms with Crippen LogP contribution in [0, 0.1) is 27.7 Å². The first-order valence-corrected chi connectivity index (χ1v) is 10.0. The lowest BCUT2D eigenvalue weighted by Gasteiger charge is -2.13. The van der Waals surface area contributed by atoms with Gasteiger partial charge in [-0.05, 0) is 75.2 Å². The minimum atomic E-state index is -0.489. The van der Waals surface area contributed by atoms with E-state index in [1.54, 1.807) is 30.3 Å². The zero-order valence-electron chi connectivity index (χ0n) is 17.3. The zero-order chi connectivity index (χ0) is 21.6. The van der Waals surface area contributed by atoms with Crippen molar-refractivity contribution in [3.63, 3.8) is 0 Å². The molecule has 0 unspecified atom stereocenters. The van der Waals surface area contributed by atoms with E-state index >= 15 is 0 Å². The van der Waals surface area contributed by atoms with Gasteiger partial charge < -0.3 is 9.88 Å². The second kappa shape index (κ2) is 7.50. The highest BCUT2D eigenvalue weighted by molar-refractivity contribution is 6.32. The van der Waals surface area contributed by atoms with Crippen LogP contribution in [0.4, 0.5) is 10.5 Å². The molecular formula is C24H22ClN3O2. The van der Waals surface area contributed by atoms with Gasteiger partial charge in [0.25, 0.3) is 5.91 Å². The van der Waals surface area contributed by atoms with Crippen molar-refractivity contribution in [2.24, 2.45) is 0 Å². The number of carbonyl (C=O) groups is 2. The Kier molecular flexibility index (Phi) is 5.00. The Morgan fingerprint density at radius 3 is 2.43 bits per heavy atom. The van der Waals surface area contributed by atoms with Crippen LogP contribution in [0.2, 0.25) is 5.02 Å². The molecule has 6 heteroatoms. The summed E-state index contributed by atoms with van der Waals surface area (Å²) >= 11 is 6.02. The monoisotopic (exact) mass is 419 g/mol. The number of anilines is 1. The number of halogens is 1. The lowest BCUT2D eigenvalue weighted by Crippen LogP contribution is -2.30. The summed E-state index contributed by atoms with van der Waals surface area (Å²) in [5.41, 5.74) is 7.08. The quantitative estimate of drug-likeness (QED) is 0.452. The molecule has 0 bridgehead atoms. The normalized spacial score (nSPS) is 15.2. The summed E-state index contributed by atoms with van der Waals surface area (Å²) in [6.07, 6.45) is 1.73. The molecule has 1 aliphatic rings. The van der Waals surface area contributed by atoms with E-state index in [-0.39, 0.29) is 5.70 Å². The molecule has 3 amide bonds. The number of hydrogen-bond donors (Lipinski definition) is 1. The molecule has 5 nitrogen and oxygen atoms in total. The summed E-state index contributed by atoms with van der Waals surface area (Å²) < 4.78 is 2.16. The Balaban J connectivity index is 1.72. The van der Waals surface area contributed by atoms with E-state index in [9.17, 15) is 9.59 Å². The SMILES string of the molecule is Cc1ccc(-n2c(C)cc(/C=C3/NC(=O)N(c4cccc(Cl)c4)C3=O)c2C)c(C)c1. The highest BCUT2D eigenvalue weighted by Crippen LogP contribution is 2.28. The standard InChI is InChI=1S/C24H22ClN3O2/c1-14-8-9-22(15(2)10-14)27-16(3)11-18(17(27)4)12-21-23(29)28(24(30)26-21)20-7-5-6-19(25)13-20/h5-13H,1-4H3,(H,26,30)/b21-12+. The van der Waals surface area contributed by atoms with Gasteiger partial charge in [0.2, 0.25) is 0 Å². The number of aromatic nitrogens is 1. The minimum absolute atomic E-state index is 0.237. The number of aryl methyl sites for hydroxylation is 3. The Labute approximate surface area is 180 Å². The molecule has 1 aliphatic heterocycles. The molecule has 0 atom stereocenters. The maximum Gasteiger partial charge on any atom is 0.333 e. The highest BCUT2D eigenvalue weighted by atomic mass is 35.5. The Hall–Kier alpha value is -3.31. The molecule has 4 rings (SSSR count). The predicted octanol–water partition coefficient (Wildman–Crippen LogP) is 5.46. The molecule has 152 valence electrons. The van der Waals surface area contributed by atoms with E-state index in [1.165, 1.54) is 11.1 Å². The van der Waals surface area contributed by atoms with Crippen LogP contribution >= 0.6 is 11.6 Å². The minimum Gasteiger partial charge on any atom is -0.318 e. The summed E-state index contributed by atoms with van der Waals surface area (Å²) in [6, 6.07) is 14.5. The van der Waals surface area contributed by atoms with Crippen molar-refractivity contribution in [3.8, 4) is 5.69 Å². The smallest absolute Gasteiger partial charge is 0.318 e. The average molecular weight is 420 g/mol. The first kappa shape index (κ1) is 20.0. The van der Waals surface area contributed by atoms with Gasteiger partial charge in [0, 0.05) is 22.1 Å². The van der Waals surface area contributed by atoms with Crippen LogP contribution in [-0.4, -0.2) is 16.5 Å². The third kappa shape index (κ3) is 3.42. The number of benzene rings is 2. The maximum atomic E-state index is 12.9. The molecule has 0 saturated carbocycles. The fourth-order valence-electron chi connectivity index (χ4n) is 3.90. The van der Waals surface area contributed by atoms with E-state index in [1.807, 2.05) is 19.9 Å². The third-order valence-corrected chi connectivity index (χ3v) is 5.54. The number of rotatable bonds is 3. The van der Waals surface area contributed by atoms with E-state index in [0.29, 0.717) is 10.7 Å². The van der Waals surface area contributed by atoms with Crippen molar-refractivity contribution in [1.29, 1.82) is 0 Å². The van der Waals surface area contributed by atoms with Crippen LogP contribution in [0.25, 0.3) is 11.8 Å². The molecule has 1 aromatic heterocycles. The lowest BCUT2D eigenvalue weighted by molar-refractivity contribution is -0.113. The van der Waals surface area contributed by atoms with Gasteiger partial charge in [0.05, 0.1) is 5.69 Å². The predicted molar refractivity (Wildman–Crippen MR) is 120 cm³/mol. The van der Waals surface area contributed by atoms with Gasteiger partial charge in [-0.3, -0.25) is 4.79 Å². The van der Waals surface area contributed by atoms with Crippen molar-refractivity contribution in [2.45, 2.75) is 27.7 Å². The number of amides is 3. The van der Waals surface area contributed by atoms with Crippen LogP contribution in [0.3, 0.4) is 0 Å². The summed E-state index contributed by atoms with van der Waals surface area (Å²) in [6.45, 7) is 8.20. The van der Waals surface area contributed by atoms with Crippen LogP contribution in [0.15, 0.2) is 54.2 Å². The Morgan fingerprint density at radius 2 is 1.73 bits per heavy atom. The summed E-state index contributed by atoms with van der Waals surface area (Å²) in [5, 5.41) is 3.14. The van der Waals surface area contributed by atoms with Crippen LogP contribution in [-0.2, 0) is 4.79 Å². The lowest BCUT2D eigenvalue weighted by atomic mass is 10.1. The molecule has 0 radical (unpaired) electrons. The second-order valence-corrected chi connectivity index (χ2v) is 8.00. The third-order valence-electron chi connectivity index (χ3n) is 5.31. The van der Waals surface area contributed by atoms with E-state index in [0.717, 1.165) is 27.5 Å². The number of imide groups is 1. The number of urea groups is 1. The number of nitrogens with zero attached hydrogens (tertiary/aromatic N) is 2. The summed E-state index contributed by atoms with van der Waals surface area (Å²) in [5.74, 6) is -0.404. The van der Waals surface area contributed by atoms with Crippen molar-refractivity contribution < 1.29 is 9.59 Å². The topological polar surface area (TPSA) is 54.3 Å². The van der Waals surface area contributed by atoms with Gasteiger partial charge >= 0.3 is 6.03 Å². The zero-order valence-corrected chi connectivity index (χ0v) is 18.0. The first-order valence-electron chi connectivity index (χ1n) is 9.65. The number of nitrogens with one attached hydrogen (secondary N) is 1. The fraction of sp³-hybridized carbons (Fsp3) is 0.167. The highest BCUT2D eigenvalue weighted by Gasteiger charge is 2.35. The van der Waals surface area contributed by atoms with E-state index in [2.05, 4.69) is 41.9 Å². The van der Waals surface area contributed by atoms with Crippen molar-refractivity contribution in [2.75, 3.05) is 4.90 Å². The molecular weight excluding hydrogens is 398 g/mol. The van der Waals surface area contributed by atoms with Gasteiger partial charge in [0.1, 0.15) is 5.70 Å². The van der Waals surface area contributed by atoms with Crippen molar-refractivity contribution in [1.82, 2.24) is 9.88 Å². The van der Waals surface area contributed by atoms with Crippen molar-refractivity contribution in [3.05, 3.63) is 87.3 Å². The average Bonchev–Trinajstić information content (AvgIpc) is 3.11. The molecule has 2 aromatic carbocycles. The summed E-state index contributed by atoms with van der Waals surface area (Å²) in [7, 11) is 0. The van der Waals surface area contributed by atoms with Crippen LogP contribution in [0.5, 0.6) is 0 Å². The molecule has 1 N–H and O–H groups in total. The molecule has 0 aliphatic carbocycles. The van der Waals surface area contributed by atoms with Crippen LogP contribution in [0.1, 0.15) is 28.1 Å². The first-order chi connectivity index (χ1) is 14.3. The molecule has 1 saturated heterocycles. The molecule has 0 spiro atoms. The van der Waals surface area contributed by atoms with Crippen molar-refractivity contribution >= 4 is 35.3 Å². The fourth-order valence-corrected chi connectivity index (χ4v) is 4.09. The van der Waals surface area contributed by atoms with E-state index in [4.69, 9.17) is 11.6 Å². The van der Waals surface area contributed by atoms with Crippen LogP contribution < -0.4 is 10.2 Å². The van der Waals surface area contributed by atoms with E-state index < -0.39 is 11.9 Å². The Morgan fingerprint density at radius 1 is 0.967 bits per heavy atom. The van der Waals surface area contributed by atoms with Gasteiger partial charge in [-0.25, -0.2) is 9.69 Å². The van der Waals surface area contributed by atoms with Gasteiger partial charge in [0.15, 0.2) is 0 Å². The maximum absolute atomic E-state index is 12.9. The molecule has 3 aromatic rings.